The van der Waals surface area contributed by atoms with Crippen molar-refractivity contribution in [3.8, 4) is 0 Å². The second-order valence-electron chi connectivity index (χ2n) is 5.95. The molecular formula is C16H27FIN3O2S. The molecule has 0 aliphatic heterocycles. The standard InChI is InChI=1S/C16H26FN3O2S.HI/c1-5-18-16(19-9-12(2)3)20-10-14-8-15(17)7-6-13(14)11-23(4,21)22;/h6-8,12H,5,9-11H2,1-4H3,(H2,18,19,20);1H. The zero-order chi connectivity index (χ0) is 17.5. The summed E-state index contributed by atoms with van der Waals surface area (Å²) in [6.45, 7) is 7.84. The van der Waals surface area contributed by atoms with Crippen LogP contribution in [-0.4, -0.2) is 33.7 Å². The van der Waals surface area contributed by atoms with Gasteiger partial charge in [-0.3, -0.25) is 0 Å². The van der Waals surface area contributed by atoms with E-state index in [1.54, 1.807) is 0 Å². The third-order valence-corrected chi connectivity index (χ3v) is 3.85. The summed E-state index contributed by atoms with van der Waals surface area (Å²) in [5.74, 6) is 0.589. The van der Waals surface area contributed by atoms with Gasteiger partial charge in [0.1, 0.15) is 5.82 Å². The van der Waals surface area contributed by atoms with E-state index in [2.05, 4.69) is 29.5 Å². The Balaban J connectivity index is 0.00000529. The van der Waals surface area contributed by atoms with Crippen molar-refractivity contribution in [1.82, 2.24) is 10.6 Å². The molecule has 2 N–H and O–H groups in total. The highest BCUT2D eigenvalue weighted by Crippen LogP contribution is 2.15. The van der Waals surface area contributed by atoms with Gasteiger partial charge in [0.05, 0.1) is 12.3 Å². The molecule has 0 atom stereocenters. The normalized spacial score (nSPS) is 12.0. The van der Waals surface area contributed by atoms with E-state index in [0.29, 0.717) is 29.5 Å². The van der Waals surface area contributed by atoms with E-state index in [1.165, 1.54) is 18.2 Å². The molecule has 1 aromatic carbocycles. The Morgan fingerprint density at radius 2 is 1.92 bits per heavy atom. The number of halogens is 2. The number of nitrogens with one attached hydrogen (secondary N) is 2. The molecule has 24 heavy (non-hydrogen) atoms. The average Bonchev–Trinajstić information content (AvgIpc) is 2.43. The summed E-state index contributed by atoms with van der Waals surface area (Å²) in [7, 11) is -3.18. The first kappa shape index (κ1) is 23.1. The summed E-state index contributed by atoms with van der Waals surface area (Å²) in [5, 5.41) is 6.32. The summed E-state index contributed by atoms with van der Waals surface area (Å²) in [6.07, 6.45) is 1.16. The van der Waals surface area contributed by atoms with Crippen molar-refractivity contribution < 1.29 is 12.8 Å². The highest BCUT2D eigenvalue weighted by atomic mass is 127. The Kier molecular flexibility index (Phi) is 10.5. The zero-order valence-corrected chi connectivity index (χ0v) is 17.7. The van der Waals surface area contributed by atoms with Crippen molar-refractivity contribution >= 4 is 39.8 Å². The maximum absolute atomic E-state index is 13.5. The average molecular weight is 471 g/mol. The molecule has 0 radical (unpaired) electrons. The van der Waals surface area contributed by atoms with Crippen molar-refractivity contribution in [2.24, 2.45) is 10.9 Å². The van der Waals surface area contributed by atoms with Crippen molar-refractivity contribution in [3.63, 3.8) is 0 Å². The van der Waals surface area contributed by atoms with Crippen LogP contribution in [0, 0.1) is 11.7 Å². The second kappa shape index (κ2) is 10.9. The SMILES string of the molecule is CCNC(=NCc1cc(F)ccc1CS(C)(=O)=O)NCC(C)C.I. The topological polar surface area (TPSA) is 70.6 Å². The Labute approximate surface area is 161 Å². The summed E-state index contributed by atoms with van der Waals surface area (Å²) < 4.78 is 36.5. The lowest BCUT2D eigenvalue weighted by atomic mass is 10.1. The van der Waals surface area contributed by atoms with E-state index in [9.17, 15) is 12.8 Å². The van der Waals surface area contributed by atoms with Gasteiger partial charge < -0.3 is 10.6 Å². The van der Waals surface area contributed by atoms with Gasteiger partial charge >= 0.3 is 0 Å². The number of aliphatic imine (C=N–C) groups is 1. The molecule has 0 amide bonds. The molecule has 138 valence electrons. The minimum atomic E-state index is -3.18. The fourth-order valence-corrected chi connectivity index (χ4v) is 2.82. The van der Waals surface area contributed by atoms with Crippen LogP contribution in [0.3, 0.4) is 0 Å². The lowest BCUT2D eigenvalue weighted by Gasteiger charge is -2.13. The first-order chi connectivity index (χ1) is 10.7. The number of guanidine groups is 1. The molecule has 0 fully saturated rings. The van der Waals surface area contributed by atoms with Crippen LogP contribution in [0.1, 0.15) is 31.9 Å². The number of hydrogen-bond acceptors (Lipinski definition) is 3. The first-order valence-electron chi connectivity index (χ1n) is 7.68. The molecule has 0 bridgehead atoms. The molecule has 0 aliphatic carbocycles. The molecule has 8 heteroatoms. The quantitative estimate of drug-likeness (QED) is 0.365. The molecule has 0 spiro atoms. The Morgan fingerprint density at radius 3 is 2.46 bits per heavy atom. The second-order valence-corrected chi connectivity index (χ2v) is 8.09. The smallest absolute Gasteiger partial charge is 0.191 e. The molecule has 0 aliphatic rings. The maximum atomic E-state index is 13.5. The van der Waals surface area contributed by atoms with Gasteiger partial charge in [0.15, 0.2) is 15.8 Å². The molecule has 5 nitrogen and oxygen atoms in total. The summed E-state index contributed by atoms with van der Waals surface area (Å²) in [4.78, 5) is 4.42. The minimum Gasteiger partial charge on any atom is -0.357 e. The Morgan fingerprint density at radius 1 is 1.25 bits per heavy atom. The fraction of sp³-hybridized carbons (Fsp3) is 0.562. The van der Waals surface area contributed by atoms with Gasteiger partial charge in [-0.1, -0.05) is 19.9 Å². The third kappa shape index (κ3) is 9.41. The van der Waals surface area contributed by atoms with E-state index >= 15 is 0 Å². The number of sulfone groups is 1. The molecule has 0 heterocycles. The minimum absolute atomic E-state index is 0. The highest BCUT2D eigenvalue weighted by Gasteiger charge is 2.10. The van der Waals surface area contributed by atoms with Crippen LogP contribution in [0.15, 0.2) is 23.2 Å². The number of rotatable bonds is 7. The summed E-state index contributed by atoms with van der Waals surface area (Å²) in [5.41, 5.74) is 1.16. The van der Waals surface area contributed by atoms with Gasteiger partial charge in [-0.05, 0) is 36.1 Å². The van der Waals surface area contributed by atoms with Crippen LogP contribution in [0.25, 0.3) is 0 Å². The molecule has 1 aromatic rings. The van der Waals surface area contributed by atoms with Crippen molar-refractivity contribution in [2.75, 3.05) is 19.3 Å². The van der Waals surface area contributed by atoms with Crippen LogP contribution in [-0.2, 0) is 22.1 Å². The van der Waals surface area contributed by atoms with Crippen LogP contribution in [0.4, 0.5) is 4.39 Å². The van der Waals surface area contributed by atoms with Crippen LogP contribution in [0.2, 0.25) is 0 Å². The largest absolute Gasteiger partial charge is 0.357 e. The predicted molar refractivity (Wildman–Crippen MR) is 108 cm³/mol. The number of hydrogen-bond donors (Lipinski definition) is 2. The van der Waals surface area contributed by atoms with Crippen molar-refractivity contribution in [3.05, 3.63) is 35.1 Å². The molecular weight excluding hydrogens is 444 g/mol. The van der Waals surface area contributed by atoms with E-state index in [0.717, 1.165) is 12.8 Å². The van der Waals surface area contributed by atoms with Crippen molar-refractivity contribution in [2.45, 2.75) is 33.1 Å². The first-order valence-corrected chi connectivity index (χ1v) is 9.74. The van der Waals surface area contributed by atoms with Gasteiger partial charge in [0, 0.05) is 19.3 Å². The lowest BCUT2D eigenvalue weighted by Crippen LogP contribution is -2.39. The van der Waals surface area contributed by atoms with E-state index < -0.39 is 15.7 Å². The molecule has 1 rings (SSSR count). The van der Waals surface area contributed by atoms with Gasteiger partial charge in [0.2, 0.25) is 0 Å². The van der Waals surface area contributed by atoms with Gasteiger partial charge in [-0.2, -0.15) is 0 Å². The Bertz CT molecular complexity index is 649. The zero-order valence-electron chi connectivity index (χ0n) is 14.6. The predicted octanol–water partition coefficient (Wildman–Crippen LogP) is 2.70. The monoisotopic (exact) mass is 471 g/mol. The van der Waals surface area contributed by atoms with Gasteiger partial charge in [-0.15, -0.1) is 24.0 Å². The number of benzene rings is 1. The fourth-order valence-electron chi connectivity index (χ4n) is 1.97. The lowest BCUT2D eigenvalue weighted by molar-refractivity contribution is 0.600. The molecule has 0 unspecified atom stereocenters. The maximum Gasteiger partial charge on any atom is 0.191 e. The summed E-state index contributed by atoms with van der Waals surface area (Å²) in [6, 6.07) is 4.13. The molecule has 0 saturated carbocycles. The van der Waals surface area contributed by atoms with Crippen LogP contribution in [0.5, 0.6) is 0 Å². The number of nitrogens with zero attached hydrogens (tertiary/aromatic N) is 1. The third-order valence-electron chi connectivity index (χ3n) is 3.02. The van der Waals surface area contributed by atoms with Crippen LogP contribution >= 0.6 is 24.0 Å². The van der Waals surface area contributed by atoms with Crippen molar-refractivity contribution in [1.29, 1.82) is 0 Å². The highest BCUT2D eigenvalue weighted by molar-refractivity contribution is 14.0. The van der Waals surface area contributed by atoms with Gasteiger partial charge in [0.25, 0.3) is 0 Å². The van der Waals surface area contributed by atoms with E-state index in [4.69, 9.17) is 0 Å². The Hall–Kier alpha value is -0.900. The van der Waals surface area contributed by atoms with Gasteiger partial charge in [-0.25, -0.2) is 17.8 Å². The summed E-state index contributed by atoms with van der Waals surface area (Å²) >= 11 is 0. The van der Waals surface area contributed by atoms with E-state index in [1.807, 2.05) is 6.92 Å². The molecule has 0 aromatic heterocycles. The van der Waals surface area contributed by atoms with E-state index in [-0.39, 0.29) is 36.3 Å². The van der Waals surface area contributed by atoms with Crippen LogP contribution < -0.4 is 10.6 Å². The molecule has 0 saturated heterocycles.